The SMILES string of the molecule is C[C@H]1/C=C/C(=O)NCCC(O)CC(NC(=O)C(NC(=O)/C=C/C=C/CCCCCC2CCCCC2)[C@@H](C)O)C(=O)N1. The summed E-state index contributed by atoms with van der Waals surface area (Å²) in [5.74, 6) is -1.26. The van der Waals surface area contributed by atoms with Crippen LogP contribution in [0.25, 0.3) is 0 Å². The lowest BCUT2D eigenvalue weighted by molar-refractivity contribution is -0.134. The number of carbonyl (C=O) groups excluding carboxylic acids is 4. The number of hydrogen-bond donors (Lipinski definition) is 6. The lowest BCUT2D eigenvalue weighted by Gasteiger charge is -2.26. The quantitative estimate of drug-likeness (QED) is 0.119. The van der Waals surface area contributed by atoms with Gasteiger partial charge in [-0.3, -0.25) is 19.2 Å². The number of amides is 4. The van der Waals surface area contributed by atoms with E-state index >= 15 is 0 Å². The van der Waals surface area contributed by atoms with Gasteiger partial charge in [0.2, 0.25) is 23.6 Å². The first kappa shape index (κ1) is 34.2. The van der Waals surface area contributed by atoms with Crippen molar-refractivity contribution in [2.75, 3.05) is 6.54 Å². The summed E-state index contributed by atoms with van der Waals surface area (Å²) in [7, 11) is 0. The van der Waals surface area contributed by atoms with Gasteiger partial charge < -0.3 is 31.5 Å². The molecule has 0 aromatic heterocycles. The van der Waals surface area contributed by atoms with Gasteiger partial charge in [0.25, 0.3) is 0 Å². The molecule has 5 atom stereocenters. The summed E-state index contributed by atoms with van der Waals surface area (Å²) in [5.41, 5.74) is 0. The first-order valence-corrected chi connectivity index (χ1v) is 15.2. The van der Waals surface area contributed by atoms with Gasteiger partial charge >= 0.3 is 0 Å². The number of hydrogen-bond acceptors (Lipinski definition) is 6. The molecular weight excluding hydrogens is 524 g/mol. The van der Waals surface area contributed by atoms with Crippen LogP contribution in [0.3, 0.4) is 0 Å². The molecule has 1 aliphatic carbocycles. The zero-order valence-electron chi connectivity index (χ0n) is 24.6. The summed E-state index contributed by atoms with van der Waals surface area (Å²) in [4.78, 5) is 50.0. The molecule has 230 valence electrons. The third kappa shape index (κ3) is 14.5. The highest BCUT2D eigenvalue weighted by atomic mass is 16.3. The van der Waals surface area contributed by atoms with Crippen LogP contribution in [0.1, 0.15) is 90.9 Å². The Bertz CT molecular complexity index is 926. The molecule has 41 heavy (non-hydrogen) atoms. The van der Waals surface area contributed by atoms with Crippen molar-refractivity contribution in [3.05, 3.63) is 36.5 Å². The zero-order chi connectivity index (χ0) is 30.0. The van der Waals surface area contributed by atoms with E-state index in [1.165, 1.54) is 76.5 Å². The average molecular weight is 575 g/mol. The molecule has 0 aromatic carbocycles. The Morgan fingerprint density at radius 1 is 1.10 bits per heavy atom. The molecule has 1 fully saturated rings. The van der Waals surface area contributed by atoms with E-state index in [9.17, 15) is 29.4 Å². The van der Waals surface area contributed by atoms with Crippen LogP contribution in [0.5, 0.6) is 0 Å². The van der Waals surface area contributed by atoms with Gasteiger partial charge in [-0.1, -0.05) is 75.7 Å². The van der Waals surface area contributed by atoms with Crippen LogP contribution < -0.4 is 21.3 Å². The smallest absolute Gasteiger partial charge is 0.245 e. The fourth-order valence-electron chi connectivity index (χ4n) is 5.18. The fourth-order valence-corrected chi connectivity index (χ4v) is 5.18. The Labute approximate surface area is 244 Å². The van der Waals surface area contributed by atoms with E-state index in [1.807, 2.05) is 6.08 Å². The molecule has 1 heterocycles. The van der Waals surface area contributed by atoms with E-state index in [4.69, 9.17) is 0 Å². The molecule has 4 amide bonds. The Morgan fingerprint density at radius 3 is 2.59 bits per heavy atom. The number of allylic oxidation sites excluding steroid dienone is 3. The highest BCUT2D eigenvalue weighted by Gasteiger charge is 2.31. The number of unbranched alkanes of at least 4 members (excludes halogenated alkanes) is 3. The first-order chi connectivity index (χ1) is 19.7. The predicted molar refractivity (Wildman–Crippen MR) is 158 cm³/mol. The molecule has 0 radical (unpaired) electrons. The minimum Gasteiger partial charge on any atom is -0.393 e. The summed E-state index contributed by atoms with van der Waals surface area (Å²) in [5, 5.41) is 30.9. The maximum absolute atomic E-state index is 13.0. The number of carbonyl (C=O) groups is 4. The number of rotatable bonds is 12. The number of aliphatic hydroxyl groups is 2. The minimum atomic E-state index is -1.30. The minimum absolute atomic E-state index is 0.102. The summed E-state index contributed by atoms with van der Waals surface area (Å²) >= 11 is 0. The van der Waals surface area contributed by atoms with Crippen molar-refractivity contribution in [2.24, 2.45) is 5.92 Å². The normalized spacial score (nSPS) is 25.4. The van der Waals surface area contributed by atoms with Gasteiger partial charge in [-0.25, -0.2) is 0 Å². The lowest BCUT2D eigenvalue weighted by atomic mass is 9.85. The van der Waals surface area contributed by atoms with Crippen molar-refractivity contribution >= 4 is 23.6 Å². The molecular formula is C31H50N4O6. The molecule has 0 bridgehead atoms. The monoisotopic (exact) mass is 574 g/mol. The van der Waals surface area contributed by atoms with E-state index in [-0.39, 0.29) is 25.3 Å². The Balaban J connectivity index is 1.82. The van der Waals surface area contributed by atoms with Crippen molar-refractivity contribution in [2.45, 2.75) is 121 Å². The van der Waals surface area contributed by atoms with Gasteiger partial charge in [-0.15, -0.1) is 0 Å². The van der Waals surface area contributed by atoms with E-state index in [0.29, 0.717) is 0 Å². The molecule has 0 spiro atoms. The molecule has 0 aromatic rings. The summed E-state index contributed by atoms with van der Waals surface area (Å²) < 4.78 is 0. The number of nitrogens with one attached hydrogen (secondary N) is 4. The van der Waals surface area contributed by atoms with Gasteiger partial charge in [0.1, 0.15) is 12.1 Å². The van der Waals surface area contributed by atoms with Crippen molar-refractivity contribution in [1.29, 1.82) is 0 Å². The largest absolute Gasteiger partial charge is 0.393 e. The van der Waals surface area contributed by atoms with Crippen molar-refractivity contribution in [3.8, 4) is 0 Å². The van der Waals surface area contributed by atoms with Crippen molar-refractivity contribution in [3.63, 3.8) is 0 Å². The van der Waals surface area contributed by atoms with E-state index < -0.39 is 48.1 Å². The van der Waals surface area contributed by atoms with Crippen LogP contribution in [0, 0.1) is 5.92 Å². The first-order valence-electron chi connectivity index (χ1n) is 15.2. The van der Waals surface area contributed by atoms with Gasteiger partial charge in [-0.05, 0) is 39.0 Å². The maximum atomic E-state index is 13.0. The second kappa shape index (κ2) is 19.2. The molecule has 1 aliphatic heterocycles. The predicted octanol–water partition coefficient (Wildman–Crippen LogP) is 2.31. The van der Waals surface area contributed by atoms with Crippen LogP contribution in [0.2, 0.25) is 0 Å². The second-order valence-corrected chi connectivity index (χ2v) is 11.3. The van der Waals surface area contributed by atoms with Crippen LogP contribution in [0.15, 0.2) is 36.5 Å². The van der Waals surface area contributed by atoms with Gasteiger partial charge in [0.05, 0.1) is 12.2 Å². The highest BCUT2D eigenvalue weighted by molar-refractivity contribution is 5.95. The molecule has 10 heteroatoms. The summed E-state index contributed by atoms with van der Waals surface area (Å²) in [6.45, 7) is 3.24. The van der Waals surface area contributed by atoms with Crippen LogP contribution in [-0.4, -0.2) is 70.7 Å². The van der Waals surface area contributed by atoms with Crippen molar-refractivity contribution in [1.82, 2.24) is 21.3 Å². The van der Waals surface area contributed by atoms with Gasteiger partial charge in [-0.2, -0.15) is 0 Å². The summed E-state index contributed by atoms with van der Waals surface area (Å²) in [6.07, 6.45) is 20.2. The molecule has 6 N–H and O–H groups in total. The Kier molecular flexibility index (Phi) is 16.0. The maximum Gasteiger partial charge on any atom is 0.245 e. The summed E-state index contributed by atoms with van der Waals surface area (Å²) in [6, 6.07) is -2.91. The molecule has 0 saturated heterocycles. The van der Waals surface area contributed by atoms with E-state index in [1.54, 1.807) is 19.1 Å². The zero-order valence-corrected chi connectivity index (χ0v) is 24.6. The third-order valence-electron chi connectivity index (χ3n) is 7.59. The Hall–Kier alpha value is -2.98. The fraction of sp³-hybridized carbons (Fsp3) is 0.677. The van der Waals surface area contributed by atoms with Crippen LogP contribution in [0.4, 0.5) is 0 Å². The Morgan fingerprint density at radius 2 is 1.85 bits per heavy atom. The van der Waals surface area contributed by atoms with E-state index in [0.717, 1.165) is 18.8 Å². The molecule has 1 saturated carbocycles. The molecule has 10 nitrogen and oxygen atoms in total. The third-order valence-corrected chi connectivity index (χ3v) is 7.59. The average Bonchev–Trinajstić information content (AvgIpc) is 2.93. The number of aliphatic hydroxyl groups excluding tert-OH is 2. The van der Waals surface area contributed by atoms with Gasteiger partial charge in [0.15, 0.2) is 0 Å². The molecule has 2 rings (SSSR count). The topological polar surface area (TPSA) is 157 Å². The second-order valence-electron chi connectivity index (χ2n) is 11.3. The standard InChI is InChI=1S/C31H50N4O6/c1-22-17-18-27(38)32-20-19-25(37)21-26(30(40)33-22)34-31(41)29(23(2)36)35-28(39)16-12-7-5-3-4-6-9-13-24-14-10-8-11-15-24/h5,7,12,16-18,22-26,29,36-37H,3-4,6,8-11,13-15,19-21H2,1-2H3,(H,32,38)(H,33,40)(H,34,41)(H,35,39)/b7-5+,16-12+,18-17+/t22-,23+,25?,26?,29?/m0/s1. The lowest BCUT2D eigenvalue weighted by Crippen LogP contribution is -2.58. The molecule has 3 unspecified atom stereocenters. The highest BCUT2D eigenvalue weighted by Crippen LogP contribution is 2.28. The van der Waals surface area contributed by atoms with Crippen LogP contribution >= 0.6 is 0 Å². The van der Waals surface area contributed by atoms with E-state index in [2.05, 4.69) is 21.3 Å². The van der Waals surface area contributed by atoms with Crippen molar-refractivity contribution < 1.29 is 29.4 Å². The van der Waals surface area contributed by atoms with Gasteiger partial charge in [0, 0.05) is 31.2 Å². The van der Waals surface area contributed by atoms with Crippen LogP contribution in [-0.2, 0) is 19.2 Å². The molecule has 2 aliphatic rings.